The lowest BCUT2D eigenvalue weighted by molar-refractivity contribution is 1.15. The third-order valence-electron chi connectivity index (χ3n) is 4.10. The molecule has 0 bridgehead atoms. The maximum Gasteiger partial charge on any atom is 0.0645 e. The fourth-order valence-electron chi connectivity index (χ4n) is 2.95. The second kappa shape index (κ2) is 5.89. The van der Waals surface area contributed by atoms with E-state index in [4.69, 9.17) is 21.9 Å². The Bertz CT molecular complexity index is 1950. The molecule has 26 heavy (non-hydrogen) atoms. The van der Waals surface area contributed by atoms with Crippen LogP contribution in [0.25, 0.3) is 38.6 Å². The highest BCUT2D eigenvalue weighted by atomic mass is 15.0. The number of rotatable bonds is 2. The lowest BCUT2D eigenvalue weighted by Crippen LogP contribution is -1.98. The zero-order valence-corrected chi connectivity index (χ0v) is 13.4. The second-order valence-electron chi connectivity index (χ2n) is 5.51. The molecule has 1 nitrogen and oxygen atoms in total. The minimum atomic E-state index is -0.742. The zero-order valence-electron chi connectivity index (χ0n) is 29.4. The van der Waals surface area contributed by atoms with Crippen molar-refractivity contribution < 1.29 is 21.9 Å². The van der Waals surface area contributed by atoms with Gasteiger partial charge in [-0.3, -0.25) is 0 Å². The number of benzene rings is 4. The molecular weight excluding hydrogens is 314 g/mol. The first kappa shape index (κ1) is 5.85. The molecular formula is C25H19N. The first-order chi connectivity index (χ1) is 19.5. The Morgan fingerprint density at radius 3 is 1.85 bits per heavy atom. The van der Waals surface area contributed by atoms with Gasteiger partial charge in [0, 0.05) is 16.5 Å². The predicted molar refractivity (Wildman–Crippen MR) is 111 cm³/mol. The highest BCUT2D eigenvalue weighted by Crippen LogP contribution is 2.35. The Morgan fingerprint density at radius 1 is 0.615 bits per heavy atom. The number of fused-ring (bicyclic) bond motifs is 3. The molecule has 1 aromatic heterocycles. The topological polar surface area (TPSA) is 4.93 Å². The Labute approximate surface area is 175 Å². The Morgan fingerprint density at radius 2 is 1.19 bits per heavy atom. The number of nitrogens with zero attached hydrogens (tertiary/aromatic N) is 1. The van der Waals surface area contributed by atoms with Crippen LogP contribution in [0.5, 0.6) is 0 Å². The van der Waals surface area contributed by atoms with E-state index in [1.54, 1.807) is 0 Å². The van der Waals surface area contributed by atoms with Crippen molar-refractivity contribution in [2.75, 3.05) is 0 Å². The van der Waals surface area contributed by atoms with Crippen LogP contribution in [0.1, 0.15) is 27.5 Å². The number of hydrogen-bond donors (Lipinski definition) is 0. The molecule has 1 heterocycles. The lowest BCUT2D eigenvalue weighted by Gasteiger charge is -2.15. The van der Waals surface area contributed by atoms with Crippen molar-refractivity contribution in [2.24, 2.45) is 0 Å². The molecule has 4 aromatic carbocycles. The molecule has 124 valence electrons. The zero-order chi connectivity index (χ0) is 31.4. The van der Waals surface area contributed by atoms with Crippen molar-refractivity contribution in [1.29, 1.82) is 0 Å². The SMILES string of the molecule is [2H]c1c([2H])c([2H])c(-c2c([2H])c([2H])c([2H])c(-n3c4c([2H])c([2H])c([2H])c([2H])c4c4c([2H])c([2H])c([2H])c([2H])c43)c2C)c([2H])c1[2H]. The van der Waals surface area contributed by atoms with E-state index in [9.17, 15) is 0 Å². The molecule has 0 unspecified atom stereocenters. The van der Waals surface area contributed by atoms with Gasteiger partial charge in [-0.2, -0.15) is 0 Å². The van der Waals surface area contributed by atoms with Crippen LogP contribution in [0.3, 0.4) is 0 Å². The van der Waals surface area contributed by atoms with Gasteiger partial charge in [0.2, 0.25) is 0 Å². The highest BCUT2D eigenvalue weighted by molar-refractivity contribution is 6.09. The van der Waals surface area contributed by atoms with Gasteiger partial charge in [-0.05, 0) is 41.7 Å². The molecule has 0 fully saturated rings. The van der Waals surface area contributed by atoms with Crippen molar-refractivity contribution >= 4 is 21.8 Å². The molecule has 5 rings (SSSR count). The molecule has 0 N–H and O–H groups in total. The van der Waals surface area contributed by atoms with E-state index in [-0.39, 0.29) is 38.6 Å². The minimum Gasteiger partial charge on any atom is -0.309 e. The minimum absolute atomic E-state index is 0.0850. The van der Waals surface area contributed by atoms with Gasteiger partial charge in [0.1, 0.15) is 0 Å². The van der Waals surface area contributed by atoms with Crippen LogP contribution in [-0.2, 0) is 0 Å². The lowest BCUT2D eigenvalue weighted by atomic mass is 9.99. The summed E-state index contributed by atoms with van der Waals surface area (Å²) in [5.74, 6) is 0. The molecule has 0 amide bonds. The summed E-state index contributed by atoms with van der Waals surface area (Å²) >= 11 is 0. The maximum absolute atomic E-state index is 8.82. The van der Waals surface area contributed by atoms with Gasteiger partial charge in [-0.15, -0.1) is 0 Å². The van der Waals surface area contributed by atoms with Crippen molar-refractivity contribution in [3.05, 3.63) is 102 Å². The smallest absolute Gasteiger partial charge is 0.0645 e. The third-order valence-corrected chi connectivity index (χ3v) is 4.10. The quantitative estimate of drug-likeness (QED) is 0.332. The van der Waals surface area contributed by atoms with Crippen LogP contribution in [0.15, 0.2) is 96.7 Å². The predicted octanol–water partition coefficient (Wildman–Crippen LogP) is 6.76. The number of para-hydroxylation sites is 2. The van der Waals surface area contributed by atoms with Crippen LogP contribution < -0.4 is 0 Å². The van der Waals surface area contributed by atoms with Gasteiger partial charge < -0.3 is 4.57 Å². The summed E-state index contributed by atoms with van der Waals surface area (Å²) in [6, 6.07) is -10.6. The third kappa shape index (κ3) is 2.18. The van der Waals surface area contributed by atoms with E-state index < -0.39 is 102 Å². The molecule has 1 heteroatoms. The fourth-order valence-corrected chi connectivity index (χ4v) is 2.95. The first-order valence-corrected chi connectivity index (χ1v) is 7.67. The normalized spacial score (nSPS) is 19.9. The van der Waals surface area contributed by atoms with E-state index in [0.717, 1.165) is 4.57 Å². The second-order valence-corrected chi connectivity index (χ2v) is 5.51. The van der Waals surface area contributed by atoms with E-state index in [1.807, 2.05) is 0 Å². The number of hydrogen-bond acceptors (Lipinski definition) is 0. The Balaban J connectivity index is 2.15. The van der Waals surface area contributed by atoms with Crippen LogP contribution in [0.4, 0.5) is 0 Å². The van der Waals surface area contributed by atoms with Crippen LogP contribution in [0.2, 0.25) is 0 Å². The standard InChI is InChI=1S/C25H19N/c1-18-20(19-10-3-2-4-11-19)14-9-17-23(18)26-24-15-7-5-12-21(24)22-13-6-8-16-25(22)26/h2-17H,1H3/i2D,3D,4D,5D,6D,7D,8D,9D,10D,11D,12D,13D,14D,15D,16D,17D. The van der Waals surface area contributed by atoms with Crippen LogP contribution in [-0.4, -0.2) is 4.57 Å². The van der Waals surface area contributed by atoms with Gasteiger partial charge >= 0.3 is 0 Å². The Kier molecular flexibility index (Phi) is 1.33. The monoisotopic (exact) mass is 349 g/mol. The summed E-state index contributed by atoms with van der Waals surface area (Å²) in [7, 11) is 0. The summed E-state index contributed by atoms with van der Waals surface area (Å²) in [5.41, 5.74) is -1.76. The molecule has 0 aliphatic heterocycles. The molecule has 0 spiro atoms. The van der Waals surface area contributed by atoms with E-state index in [2.05, 4.69) is 0 Å². The largest absolute Gasteiger partial charge is 0.309 e. The van der Waals surface area contributed by atoms with Crippen molar-refractivity contribution in [3.63, 3.8) is 0 Å². The molecule has 0 aliphatic carbocycles. The average Bonchev–Trinajstić information content (AvgIpc) is 3.31. The van der Waals surface area contributed by atoms with Crippen molar-refractivity contribution in [3.8, 4) is 16.8 Å². The van der Waals surface area contributed by atoms with Crippen molar-refractivity contribution in [1.82, 2.24) is 4.57 Å². The van der Waals surface area contributed by atoms with Gasteiger partial charge in [0.25, 0.3) is 0 Å². The summed E-state index contributed by atoms with van der Waals surface area (Å²) < 4.78 is 136. The summed E-state index contributed by atoms with van der Waals surface area (Å²) in [5, 5.41) is -0.514. The van der Waals surface area contributed by atoms with Crippen LogP contribution in [0, 0.1) is 6.92 Å². The molecule has 5 aromatic rings. The van der Waals surface area contributed by atoms with E-state index in [0.29, 0.717) is 0 Å². The number of aromatic nitrogens is 1. The van der Waals surface area contributed by atoms with Gasteiger partial charge in [-0.1, -0.05) is 78.6 Å². The first-order valence-electron chi connectivity index (χ1n) is 15.7. The fraction of sp³-hybridized carbons (Fsp3) is 0.0400. The van der Waals surface area contributed by atoms with Crippen molar-refractivity contribution in [2.45, 2.75) is 6.92 Å². The van der Waals surface area contributed by atoms with E-state index >= 15 is 0 Å². The Hall–Kier alpha value is -3.32. The maximum atomic E-state index is 8.82. The summed E-state index contributed by atoms with van der Waals surface area (Å²) in [4.78, 5) is 0. The summed E-state index contributed by atoms with van der Waals surface area (Å²) in [6.45, 7) is 1.34. The average molecular weight is 350 g/mol. The highest BCUT2D eigenvalue weighted by Gasteiger charge is 2.14. The molecule has 0 radical (unpaired) electrons. The molecule has 0 atom stereocenters. The van der Waals surface area contributed by atoms with Gasteiger partial charge in [0.05, 0.1) is 33.0 Å². The molecule has 0 aliphatic rings. The molecule has 0 saturated carbocycles. The van der Waals surface area contributed by atoms with E-state index in [1.165, 1.54) is 6.92 Å². The van der Waals surface area contributed by atoms with Gasteiger partial charge in [0.15, 0.2) is 0 Å². The molecule has 0 saturated heterocycles. The summed E-state index contributed by atoms with van der Waals surface area (Å²) in [6.07, 6.45) is 0. The van der Waals surface area contributed by atoms with Crippen LogP contribution >= 0.6 is 0 Å². The van der Waals surface area contributed by atoms with Gasteiger partial charge in [-0.25, -0.2) is 0 Å².